The van der Waals surface area contributed by atoms with E-state index in [0.29, 0.717) is 12.4 Å². The summed E-state index contributed by atoms with van der Waals surface area (Å²) in [5.74, 6) is 1.25. The van der Waals surface area contributed by atoms with Crippen LogP contribution in [0.25, 0.3) is 6.08 Å². The van der Waals surface area contributed by atoms with E-state index in [4.69, 9.17) is 21.6 Å². The van der Waals surface area contributed by atoms with Crippen molar-refractivity contribution >= 4 is 29.7 Å². The van der Waals surface area contributed by atoms with Crippen molar-refractivity contribution in [2.75, 3.05) is 38.6 Å². The second-order valence-corrected chi connectivity index (χ2v) is 7.73. The molecule has 5 nitrogen and oxygen atoms in total. The number of amidine groups is 1. The second kappa shape index (κ2) is 11.3. The van der Waals surface area contributed by atoms with Gasteiger partial charge >= 0.3 is 0 Å². The van der Waals surface area contributed by atoms with Gasteiger partial charge in [0, 0.05) is 32.4 Å². The number of fused-ring (bicyclic) bond motifs is 1. The fraction of sp³-hybridized carbons (Fsp3) is 0.417. The first-order valence-corrected chi connectivity index (χ1v) is 11.2. The summed E-state index contributed by atoms with van der Waals surface area (Å²) >= 11 is 6.01. The number of halogens is 1. The molecule has 1 unspecified atom stereocenters. The Morgan fingerprint density at radius 2 is 2.10 bits per heavy atom. The Morgan fingerprint density at radius 1 is 1.33 bits per heavy atom. The highest BCUT2D eigenvalue weighted by Crippen LogP contribution is 2.40. The van der Waals surface area contributed by atoms with Crippen molar-refractivity contribution < 1.29 is 0 Å². The largest absolute Gasteiger partial charge is 0.351 e. The van der Waals surface area contributed by atoms with Gasteiger partial charge < -0.3 is 10.6 Å². The first-order valence-electron chi connectivity index (χ1n) is 10.6. The molecule has 30 heavy (non-hydrogen) atoms. The highest BCUT2D eigenvalue weighted by atomic mass is 35.5. The molecule has 160 valence electrons. The van der Waals surface area contributed by atoms with Crippen LogP contribution in [0.3, 0.4) is 0 Å². The van der Waals surface area contributed by atoms with Crippen LogP contribution < -0.4 is 10.6 Å². The van der Waals surface area contributed by atoms with E-state index >= 15 is 0 Å². The third-order valence-electron chi connectivity index (χ3n) is 5.54. The van der Waals surface area contributed by atoms with Crippen molar-refractivity contribution in [3.8, 4) is 0 Å². The monoisotopic (exact) mass is 425 g/mol. The molecule has 0 radical (unpaired) electrons. The van der Waals surface area contributed by atoms with Gasteiger partial charge in [0.25, 0.3) is 0 Å². The molecule has 6 heteroatoms. The summed E-state index contributed by atoms with van der Waals surface area (Å²) in [6.07, 6.45) is 6.65. The standard InChI is InChI=1S/C24H32ClN5/c1-4-21-20(17-29-18(3)27-5-2)16-19-8-6-7-9-22(19)24(23(21)28-11-10-25)30-14-12-26-13-15-30/h5-9,11,16,24,26H,2,4,10,12-15,17H2,1,3H3,(H,27,29). The smallest absolute Gasteiger partial charge is 0.0974 e. The van der Waals surface area contributed by atoms with Crippen LogP contribution in [0, 0.1) is 0 Å². The van der Waals surface area contributed by atoms with E-state index in [9.17, 15) is 0 Å². The number of nitrogens with one attached hydrogen (secondary N) is 2. The van der Waals surface area contributed by atoms with Crippen LogP contribution in [-0.2, 0) is 0 Å². The molecule has 2 aliphatic rings. The molecule has 3 rings (SSSR count). The van der Waals surface area contributed by atoms with Gasteiger partial charge in [-0.15, -0.1) is 11.6 Å². The number of hydrogen-bond donors (Lipinski definition) is 2. The van der Waals surface area contributed by atoms with Crippen molar-refractivity contribution in [1.82, 2.24) is 15.5 Å². The summed E-state index contributed by atoms with van der Waals surface area (Å²) in [4.78, 5) is 12.2. The summed E-state index contributed by atoms with van der Waals surface area (Å²) < 4.78 is 0. The zero-order chi connectivity index (χ0) is 21.3. The number of piperazine rings is 1. The van der Waals surface area contributed by atoms with Crippen LogP contribution in [0.5, 0.6) is 0 Å². The number of nitrogens with zero attached hydrogens (tertiary/aromatic N) is 3. The average Bonchev–Trinajstić information content (AvgIpc) is 2.90. The Morgan fingerprint density at radius 3 is 2.80 bits per heavy atom. The van der Waals surface area contributed by atoms with Gasteiger partial charge in [-0.1, -0.05) is 37.8 Å². The molecule has 1 aliphatic carbocycles. The van der Waals surface area contributed by atoms with Gasteiger partial charge in [0.15, 0.2) is 0 Å². The summed E-state index contributed by atoms with van der Waals surface area (Å²) in [5, 5.41) is 6.53. The Kier molecular flexibility index (Phi) is 8.43. The molecule has 1 saturated heterocycles. The molecule has 1 aromatic carbocycles. The minimum Gasteiger partial charge on any atom is -0.351 e. The molecule has 0 bridgehead atoms. The lowest BCUT2D eigenvalue weighted by Gasteiger charge is -2.36. The van der Waals surface area contributed by atoms with Crippen molar-refractivity contribution in [1.29, 1.82) is 0 Å². The summed E-state index contributed by atoms with van der Waals surface area (Å²) in [7, 11) is 0. The molecule has 1 aliphatic heterocycles. The van der Waals surface area contributed by atoms with Crippen molar-refractivity contribution in [3.05, 3.63) is 65.0 Å². The normalized spacial score (nSPS) is 20.7. The van der Waals surface area contributed by atoms with Gasteiger partial charge in [0.1, 0.15) is 0 Å². The van der Waals surface area contributed by atoms with Gasteiger partial charge in [0.05, 0.1) is 30.0 Å². The maximum Gasteiger partial charge on any atom is 0.0974 e. The third-order valence-corrected chi connectivity index (χ3v) is 5.68. The highest BCUT2D eigenvalue weighted by Gasteiger charge is 2.31. The number of aliphatic imine (C=N–C) groups is 2. The van der Waals surface area contributed by atoms with E-state index in [-0.39, 0.29) is 6.04 Å². The number of benzene rings is 1. The SMILES string of the molecule is C=CNC(C)=NCC1=Cc2ccccc2C(N2CCNCC2)C(N=CCCl)=C1CC. The summed E-state index contributed by atoms with van der Waals surface area (Å²) in [6, 6.07) is 8.78. The van der Waals surface area contributed by atoms with Crippen LogP contribution in [-0.4, -0.2) is 55.6 Å². The Hall–Kier alpha value is -2.21. The minimum absolute atomic E-state index is 0.114. The minimum atomic E-state index is 0.114. The maximum atomic E-state index is 6.01. The molecular formula is C24H32ClN5. The Bertz CT molecular complexity index is 862. The van der Waals surface area contributed by atoms with Crippen LogP contribution in [0.4, 0.5) is 0 Å². The molecule has 0 saturated carbocycles. The van der Waals surface area contributed by atoms with E-state index in [0.717, 1.165) is 44.1 Å². The zero-order valence-electron chi connectivity index (χ0n) is 18.0. The topological polar surface area (TPSA) is 52.0 Å². The molecular weight excluding hydrogens is 394 g/mol. The lowest BCUT2D eigenvalue weighted by atomic mass is 9.95. The molecule has 1 fully saturated rings. The summed E-state index contributed by atoms with van der Waals surface area (Å²) in [6.45, 7) is 12.4. The molecule has 1 aromatic rings. The number of alkyl halides is 1. The summed E-state index contributed by atoms with van der Waals surface area (Å²) in [5.41, 5.74) is 6.09. The first kappa shape index (κ1) is 22.5. The number of hydrogen-bond acceptors (Lipinski definition) is 4. The second-order valence-electron chi connectivity index (χ2n) is 7.42. The fourth-order valence-electron chi connectivity index (χ4n) is 4.18. The lowest BCUT2D eigenvalue weighted by molar-refractivity contribution is 0.194. The van der Waals surface area contributed by atoms with Crippen molar-refractivity contribution in [2.24, 2.45) is 9.98 Å². The van der Waals surface area contributed by atoms with Crippen LogP contribution in [0.15, 0.2) is 63.9 Å². The molecule has 1 atom stereocenters. The van der Waals surface area contributed by atoms with Crippen molar-refractivity contribution in [2.45, 2.75) is 26.3 Å². The zero-order valence-corrected chi connectivity index (χ0v) is 18.8. The number of rotatable bonds is 7. The van der Waals surface area contributed by atoms with Gasteiger partial charge in [-0.2, -0.15) is 0 Å². The first-order chi connectivity index (χ1) is 14.7. The molecule has 0 amide bonds. The van der Waals surface area contributed by atoms with Crippen LogP contribution in [0.1, 0.15) is 37.4 Å². The highest BCUT2D eigenvalue weighted by molar-refractivity contribution is 6.24. The van der Waals surface area contributed by atoms with Crippen molar-refractivity contribution in [3.63, 3.8) is 0 Å². The maximum absolute atomic E-state index is 6.01. The molecule has 1 heterocycles. The predicted octanol–water partition coefficient (Wildman–Crippen LogP) is 4.16. The predicted molar refractivity (Wildman–Crippen MR) is 129 cm³/mol. The molecule has 0 spiro atoms. The van der Waals surface area contributed by atoms with E-state index < -0.39 is 0 Å². The third kappa shape index (κ3) is 5.28. The lowest BCUT2D eigenvalue weighted by Crippen LogP contribution is -2.45. The van der Waals surface area contributed by atoms with Crippen LogP contribution >= 0.6 is 11.6 Å². The van der Waals surface area contributed by atoms with Gasteiger partial charge in [0.2, 0.25) is 0 Å². The fourth-order valence-corrected chi connectivity index (χ4v) is 4.25. The quantitative estimate of drug-likeness (QED) is 0.392. The van der Waals surface area contributed by atoms with Crippen LogP contribution in [0.2, 0.25) is 0 Å². The van der Waals surface area contributed by atoms with E-state index in [1.54, 1.807) is 6.20 Å². The molecule has 2 N–H and O–H groups in total. The van der Waals surface area contributed by atoms with Gasteiger partial charge in [-0.3, -0.25) is 14.9 Å². The van der Waals surface area contributed by atoms with Gasteiger partial charge in [-0.05, 0) is 47.9 Å². The Labute approximate surface area is 185 Å². The van der Waals surface area contributed by atoms with E-state index in [1.807, 2.05) is 13.1 Å². The van der Waals surface area contributed by atoms with Gasteiger partial charge in [-0.25, -0.2) is 0 Å². The average molecular weight is 426 g/mol. The van der Waals surface area contributed by atoms with E-state index in [1.165, 1.54) is 22.3 Å². The van der Waals surface area contributed by atoms with E-state index in [2.05, 4.69) is 59.4 Å². The Balaban J connectivity index is 2.15. The molecule has 0 aromatic heterocycles.